The summed E-state index contributed by atoms with van der Waals surface area (Å²) in [6.45, 7) is 0.814. The van der Waals surface area contributed by atoms with Gasteiger partial charge in [0, 0.05) is 29.9 Å². The molecule has 0 saturated heterocycles. The minimum Gasteiger partial charge on any atom is -0.478 e. The first-order chi connectivity index (χ1) is 8.56. The first-order valence-corrected chi connectivity index (χ1v) is 6.69. The summed E-state index contributed by atoms with van der Waals surface area (Å²) in [6.07, 6.45) is 5.01. The SMILES string of the molecule is CN(CC1CC1)C(=O)c1csc(C=CC(=O)O)c1. The predicted octanol–water partition coefficient (Wildman–Crippen LogP) is 2.33. The fourth-order valence-corrected chi connectivity index (χ4v) is 2.47. The van der Waals surface area contributed by atoms with Crippen LogP contribution < -0.4 is 0 Å². The highest BCUT2D eigenvalue weighted by atomic mass is 32.1. The van der Waals surface area contributed by atoms with E-state index in [-0.39, 0.29) is 5.91 Å². The maximum Gasteiger partial charge on any atom is 0.328 e. The topological polar surface area (TPSA) is 57.6 Å². The van der Waals surface area contributed by atoms with Gasteiger partial charge in [-0.1, -0.05) is 0 Å². The molecule has 18 heavy (non-hydrogen) atoms. The molecule has 5 heteroatoms. The highest BCUT2D eigenvalue weighted by Gasteiger charge is 2.25. The number of hydrogen-bond acceptors (Lipinski definition) is 3. The van der Waals surface area contributed by atoms with Crippen molar-refractivity contribution in [2.75, 3.05) is 13.6 Å². The molecule has 1 heterocycles. The van der Waals surface area contributed by atoms with Gasteiger partial charge in [0.1, 0.15) is 0 Å². The molecule has 96 valence electrons. The van der Waals surface area contributed by atoms with Crippen LogP contribution in [0.1, 0.15) is 28.1 Å². The van der Waals surface area contributed by atoms with Crippen molar-refractivity contribution >= 4 is 29.3 Å². The van der Waals surface area contributed by atoms with Crippen molar-refractivity contribution in [3.63, 3.8) is 0 Å². The van der Waals surface area contributed by atoms with Crippen LogP contribution in [0.25, 0.3) is 6.08 Å². The second-order valence-corrected chi connectivity index (χ2v) is 5.48. The average Bonchev–Trinajstić information content (AvgIpc) is 3.01. The molecule has 0 aromatic carbocycles. The van der Waals surface area contributed by atoms with Crippen LogP contribution in [0.3, 0.4) is 0 Å². The summed E-state index contributed by atoms with van der Waals surface area (Å²) in [7, 11) is 1.81. The Bertz CT molecular complexity index is 488. The maximum absolute atomic E-state index is 12.1. The lowest BCUT2D eigenvalue weighted by molar-refractivity contribution is -0.131. The number of rotatable bonds is 5. The van der Waals surface area contributed by atoms with E-state index >= 15 is 0 Å². The van der Waals surface area contributed by atoms with E-state index in [1.807, 2.05) is 7.05 Å². The van der Waals surface area contributed by atoms with Crippen LogP contribution in [0.2, 0.25) is 0 Å². The van der Waals surface area contributed by atoms with E-state index in [1.54, 1.807) is 16.3 Å². The van der Waals surface area contributed by atoms with Gasteiger partial charge < -0.3 is 10.0 Å². The molecule has 1 N–H and O–H groups in total. The molecule has 0 atom stereocenters. The van der Waals surface area contributed by atoms with Gasteiger partial charge >= 0.3 is 5.97 Å². The number of carbonyl (C=O) groups is 2. The van der Waals surface area contributed by atoms with Gasteiger partial charge in [0.05, 0.1) is 5.56 Å². The third-order valence-corrected chi connectivity index (χ3v) is 3.73. The second kappa shape index (κ2) is 5.35. The maximum atomic E-state index is 12.1. The first kappa shape index (κ1) is 12.8. The van der Waals surface area contributed by atoms with Crippen LogP contribution in [0.15, 0.2) is 17.5 Å². The number of carbonyl (C=O) groups excluding carboxylic acids is 1. The summed E-state index contributed by atoms with van der Waals surface area (Å²) in [5, 5.41) is 10.3. The quantitative estimate of drug-likeness (QED) is 0.831. The van der Waals surface area contributed by atoms with Crippen LogP contribution in [0.4, 0.5) is 0 Å². The van der Waals surface area contributed by atoms with Crippen LogP contribution in [-0.2, 0) is 4.79 Å². The van der Waals surface area contributed by atoms with Gasteiger partial charge in [-0.2, -0.15) is 0 Å². The minimum absolute atomic E-state index is 0.00752. The summed E-state index contributed by atoms with van der Waals surface area (Å²) in [4.78, 5) is 25.0. The molecule has 1 amide bonds. The van der Waals surface area contributed by atoms with E-state index in [9.17, 15) is 9.59 Å². The lowest BCUT2D eigenvalue weighted by Gasteiger charge is -2.15. The molecule has 0 radical (unpaired) electrons. The van der Waals surface area contributed by atoms with E-state index in [2.05, 4.69) is 0 Å². The summed E-state index contributed by atoms with van der Waals surface area (Å²) in [6, 6.07) is 1.73. The van der Waals surface area contributed by atoms with Gasteiger partial charge in [0.25, 0.3) is 5.91 Å². The zero-order valence-corrected chi connectivity index (χ0v) is 10.9. The van der Waals surface area contributed by atoms with Crippen molar-refractivity contribution in [2.24, 2.45) is 5.92 Å². The van der Waals surface area contributed by atoms with E-state index < -0.39 is 5.97 Å². The molecule has 0 unspecified atom stereocenters. The Morgan fingerprint density at radius 3 is 2.89 bits per heavy atom. The Kier molecular flexibility index (Phi) is 3.81. The highest BCUT2D eigenvalue weighted by molar-refractivity contribution is 7.11. The lowest BCUT2D eigenvalue weighted by Crippen LogP contribution is -2.28. The Labute approximate surface area is 110 Å². The van der Waals surface area contributed by atoms with E-state index in [1.165, 1.54) is 30.3 Å². The van der Waals surface area contributed by atoms with Crippen LogP contribution >= 0.6 is 11.3 Å². The van der Waals surface area contributed by atoms with Crippen molar-refractivity contribution in [3.8, 4) is 0 Å². The molecule has 4 nitrogen and oxygen atoms in total. The van der Waals surface area contributed by atoms with Crippen LogP contribution in [-0.4, -0.2) is 35.5 Å². The lowest BCUT2D eigenvalue weighted by atomic mass is 10.2. The Hall–Kier alpha value is -1.62. The van der Waals surface area contributed by atoms with Crippen molar-refractivity contribution < 1.29 is 14.7 Å². The molecule has 1 saturated carbocycles. The van der Waals surface area contributed by atoms with E-state index in [4.69, 9.17) is 5.11 Å². The molecular weight excluding hydrogens is 250 g/mol. The zero-order chi connectivity index (χ0) is 13.1. The third kappa shape index (κ3) is 3.43. The van der Waals surface area contributed by atoms with Crippen LogP contribution in [0, 0.1) is 5.92 Å². The second-order valence-electron chi connectivity index (χ2n) is 4.54. The molecule has 1 aromatic heterocycles. The largest absolute Gasteiger partial charge is 0.478 e. The number of amides is 1. The smallest absolute Gasteiger partial charge is 0.328 e. The summed E-state index contributed by atoms with van der Waals surface area (Å²) >= 11 is 1.37. The average molecular weight is 265 g/mol. The molecule has 1 aromatic rings. The highest BCUT2D eigenvalue weighted by Crippen LogP contribution is 2.30. The number of carboxylic acid groups (broad SMARTS) is 1. The van der Waals surface area contributed by atoms with Gasteiger partial charge in [0.2, 0.25) is 0 Å². The van der Waals surface area contributed by atoms with Crippen molar-refractivity contribution in [1.82, 2.24) is 4.90 Å². The number of thiophene rings is 1. The molecule has 0 aliphatic heterocycles. The Morgan fingerprint density at radius 1 is 1.56 bits per heavy atom. The normalized spacial score (nSPS) is 14.9. The summed E-state index contributed by atoms with van der Waals surface area (Å²) in [5.41, 5.74) is 0.633. The van der Waals surface area contributed by atoms with Crippen molar-refractivity contribution in [1.29, 1.82) is 0 Å². The molecule has 1 aliphatic carbocycles. The van der Waals surface area contributed by atoms with Gasteiger partial charge in [0.15, 0.2) is 0 Å². The first-order valence-electron chi connectivity index (χ1n) is 5.81. The molecule has 0 spiro atoms. The Balaban J connectivity index is 1.99. The Morgan fingerprint density at radius 2 is 2.28 bits per heavy atom. The van der Waals surface area contributed by atoms with Gasteiger partial charge in [-0.05, 0) is 30.9 Å². The third-order valence-electron chi connectivity index (χ3n) is 2.83. The number of aliphatic carboxylic acids is 1. The van der Waals surface area contributed by atoms with Gasteiger partial charge in [-0.3, -0.25) is 4.79 Å². The zero-order valence-electron chi connectivity index (χ0n) is 10.1. The molecule has 2 rings (SSSR count). The molecular formula is C13H15NO3S. The predicted molar refractivity (Wildman–Crippen MR) is 70.7 cm³/mol. The molecule has 1 fully saturated rings. The fourth-order valence-electron chi connectivity index (χ4n) is 1.70. The molecule has 0 bridgehead atoms. The van der Waals surface area contributed by atoms with E-state index in [0.717, 1.165) is 17.5 Å². The monoisotopic (exact) mass is 265 g/mol. The minimum atomic E-state index is -0.984. The van der Waals surface area contributed by atoms with Gasteiger partial charge in [-0.15, -0.1) is 11.3 Å². The number of hydrogen-bond donors (Lipinski definition) is 1. The summed E-state index contributed by atoms with van der Waals surface area (Å²) < 4.78 is 0. The molecule has 1 aliphatic rings. The van der Waals surface area contributed by atoms with Crippen molar-refractivity contribution in [2.45, 2.75) is 12.8 Å². The standard InChI is InChI=1S/C13H15NO3S/c1-14(7-9-2-3-9)13(17)10-6-11(18-8-10)4-5-12(15)16/h4-6,8-9H,2-3,7H2,1H3,(H,15,16). The van der Waals surface area contributed by atoms with E-state index in [0.29, 0.717) is 11.5 Å². The number of carboxylic acids is 1. The van der Waals surface area contributed by atoms with Crippen molar-refractivity contribution in [3.05, 3.63) is 28.0 Å². The van der Waals surface area contributed by atoms with Gasteiger partial charge in [-0.25, -0.2) is 4.79 Å². The fraction of sp³-hybridized carbons (Fsp3) is 0.385. The summed E-state index contributed by atoms with van der Waals surface area (Å²) in [5.74, 6) is -0.306. The number of nitrogens with zero attached hydrogens (tertiary/aromatic N) is 1. The van der Waals surface area contributed by atoms with Crippen LogP contribution in [0.5, 0.6) is 0 Å².